The Labute approximate surface area is 212 Å². The second-order valence-electron chi connectivity index (χ2n) is 9.75. The Morgan fingerprint density at radius 3 is 2.51 bits per heavy atom. The minimum atomic E-state index is -1.12. The van der Waals surface area contributed by atoms with Gasteiger partial charge in [-0.1, -0.05) is 80.4 Å². The molecule has 2 aliphatic heterocycles. The quantitative estimate of drug-likeness (QED) is 0.400. The summed E-state index contributed by atoms with van der Waals surface area (Å²) in [4.78, 5) is 16.2. The molecule has 2 aromatic carbocycles. The largest absolute Gasteiger partial charge is 0.382 e. The van der Waals surface area contributed by atoms with Crippen LogP contribution in [0, 0.1) is 5.92 Å². The van der Waals surface area contributed by atoms with Gasteiger partial charge in [0.25, 0.3) is 0 Å². The average molecular weight is 496 g/mol. The first-order chi connectivity index (χ1) is 17.0. The molecule has 0 aliphatic carbocycles. The van der Waals surface area contributed by atoms with Crippen LogP contribution in [-0.2, 0) is 25.1 Å². The van der Waals surface area contributed by atoms with E-state index >= 15 is 0 Å². The van der Waals surface area contributed by atoms with Crippen molar-refractivity contribution < 1.29 is 18.5 Å². The zero-order valence-electron chi connectivity index (χ0n) is 21.0. The molecule has 0 spiro atoms. The highest BCUT2D eigenvalue weighted by molar-refractivity contribution is 7.85. The maximum atomic E-state index is 13.4. The molecule has 6 heteroatoms. The predicted octanol–water partition coefficient (Wildman–Crippen LogP) is 5.65. The molecule has 2 aromatic rings. The number of carbonyl (C=O) groups is 1. The van der Waals surface area contributed by atoms with Gasteiger partial charge in [0.05, 0.1) is 28.7 Å². The van der Waals surface area contributed by atoms with E-state index in [0.717, 1.165) is 29.7 Å². The Hall–Kier alpha value is -2.28. The average Bonchev–Trinajstić information content (AvgIpc) is 3.17. The lowest BCUT2D eigenvalue weighted by Gasteiger charge is -2.42. The SMILES string of the molecule is CCCCC(/C=C/[C@@H]1CC(=O)N2[C@@H](COC)[C@H](c3ccccc3)O[C@]2(C)C1)S(=O)c1ccccc1. The van der Waals surface area contributed by atoms with Crippen LogP contribution < -0.4 is 0 Å². The van der Waals surface area contributed by atoms with E-state index in [1.807, 2.05) is 72.5 Å². The van der Waals surface area contributed by atoms with E-state index in [0.29, 0.717) is 19.4 Å². The molecule has 2 unspecified atom stereocenters. The molecule has 0 saturated carbocycles. The van der Waals surface area contributed by atoms with E-state index in [1.165, 1.54) is 0 Å². The van der Waals surface area contributed by atoms with Gasteiger partial charge in [-0.25, -0.2) is 0 Å². The monoisotopic (exact) mass is 495 g/mol. The van der Waals surface area contributed by atoms with Crippen molar-refractivity contribution in [3.63, 3.8) is 0 Å². The van der Waals surface area contributed by atoms with E-state index in [2.05, 4.69) is 19.1 Å². The van der Waals surface area contributed by atoms with Gasteiger partial charge in [0.1, 0.15) is 11.8 Å². The number of methoxy groups -OCH3 is 1. The molecular formula is C29H37NO4S. The second-order valence-corrected chi connectivity index (χ2v) is 11.4. The number of rotatable bonds is 10. The molecule has 1 amide bonds. The standard InChI is InChI=1S/C29H37NO4S/c1-4-5-14-25(35(32)24-15-10-7-11-16-24)18-17-22-19-27(31)30-26(21-33-3)28(34-29(30,2)20-22)23-12-8-6-9-13-23/h6-13,15-18,22,25-26,28H,4-5,14,19-21H2,1-3H3/b18-17+/t22-,25?,26+,28+,29-,35?/m1/s1. The Morgan fingerprint density at radius 1 is 1.17 bits per heavy atom. The van der Waals surface area contributed by atoms with Crippen LogP contribution in [0.15, 0.2) is 77.7 Å². The number of fused-ring (bicyclic) bond motifs is 1. The Bertz CT molecular complexity index is 1030. The van der Waals surface area contributed by atoms with Crippen LogP contribution in [-0.4, -0.2) is 45.7 Å². The Morgan fingerprint density at radius 2 is 1.86 bits per heavy atom. The van der Waals surface area contributed by atoms with Crippen molar-refractivity contribution in [2.45, 2.75) is 74.0 Å². The highest BCUT2D eigenvalue weighted by atomic mass is 32.2. The molecule has 5 nitrogen and oxygen atoms in total. The number of benzene rings is 2. The number of carbonyl (C=O) groups excluding carboxylic acids is 1. The summed E-state index contributed by atoms with van der Waals surface area (Å²) in [5.74, 6) is 0.126. The van der Waals surface area contributed by atoms with Crippen LogP contribution in [0.4, 0.5) is 0 Å². The number of piperidine rings is 1. The molecule has 2 saturated heterocycles. The van der Waals surface area contributed by atoms with Crippen molar-refractivity contribution in [1.29, 1.82) is 0 Å². The number of hydrogen-bond acceptors (Lipinski definition) is 4. The lowest BCUT2D eigenvalue weighted by atomic mass is 9.87. The van der Waals surface area contributed by atoms with Crippen molar-refractivity contribution in [2.24, 2.45) is 5.92 Å². The summed E-state index contributed by atoms with van der Waals surface area (Å²) >= 11 is 0. The van der Waals surface area contributed by atoms with Gasteiger partial charge in [-0.15, -0.1) is 0 Å². The van der Waals surface area contributed by atoms with Gasteiger partial charge in [-0.05, 0) is 37.0 Å². The predicted molar refractivity (Wildman–Crippen MR) is 139 cm³/mol. The van der Waals surface area contributed by atoms with Crippen molar-refractivity contribution in [3.8, 4) is 0 Å². The van der Waals surface area contributed by atoms with Crippen molar-refractivity contribution in [2.75, 3.05) is 13.7 Å². The normalized spacial score (nSPS) is 28.3. The molecule has 4 rings (SSSR count). The third-order valence-corrected chi connectivity index (χ3v) is 8.75. The number of amides is 1. The topological polar surface area (TPSA) is 55.8 Å². The van der Waals surface area contributed by atoms with E-state index < -0.39 is 16.5 Å². The van der Waals surface area contributed by atoms with Crippen LogP contribution in [0.1, 0.15) is 57.6 Å². The first-order valence-corrected chi connectivity index (χ1v) is 13.9. The zero-order valence-corrected chi connectivity index (χ0v) is 21.8. The summed E-state index contributed by atoms with van der Waals surface area (Å²) in [7, 11) is 0.547. The summed E-state index contributed by atoms with van der Waals surface area (Å²) in [6.45, 7) is 4.60. The smallest absolute Gasteiger partial charge is 0.225 e. The van der Waals surface area contributed by atoms with Gasteiger partial charge >= 0.3 is 0 Å². The highest BCUT2D eigenvalue weighted by Gasteiger charge is 2.55. The second kappa shape index (κ2) is 11.6. The highest BCUT2D eigenvalue weighted by Crippen LogP contribution is 2.48. The third kappa shape index (κ3) is 5.76. The number of ether oxygens (including phenoxy) is 2. The zero-order chi connectivity index (χ0) is 24.8. The summed E-state index contributed by atoms with van der Waals surface area (Å²) in [5, 5.41) is -0.0684. The molecule has 188 valence electrons. The molecule has 0 N–H and O–H groups in total. The lowest BCUT2D eigenvalue weighted by molar-refractivity contribution is -0.163. The lowest BCUT2D eigenvalue weighted by Crippen LogP contribution is -2.55. The summed E-state index contributed by atoms with van der Waals surface area (Å²) in [6, 6.07) is 19.6. The molecule has 0 bridgehead atoms. The number of unbranched alkanes of at least 4 members (excludes halogenated alkanes) is 1. The van der Waals surface area contributed by atoms with E-state index in [9.17, 15) is 9.00 Å². The molecule has 0 radical (unpaired) electrons. The minimum absolute atomic E-state index is 0.0402. The fourth-order valence-corrected chi connectivity index (χ4v) is 6.85. The van der Waals surface area contributed by atoms with Gasteiger partial charge in [-0.3, -0.25) is 9.00 Å². The van der Waals surface area contributed by atoms with Crippen LogP contribution in [0.25, 0.3) is 0 Å². The molecule has 2 fully saturated rings. The summed E-state index contributed by atoms with van der Waals surface area (Å²) < 4.78 is 25.4. The first-order valence-electron chi connectivity index (χ1n) is 12.6. The van der Waals surface area contributed by atoms with Crippen LogP contribution in [0.2, 0.25) is 0 Å². The molecule has 35 heavy (non-hydrogen) atoms. The van der Waals surface area contributed by atoms with Crippen LogP contribution >= 0.6 is 0 Å². The molecule has 6 atom stereocenters. The van der Waals surface area contributed by atoms with Crippen LogP contribution in [0.3, 0.4) is 0 Å². The van der Waals surface area contributed by atoms with E-state index in [-0.39, 0.29) is 29.2 Å². The summed E-state index contributed by atoms with van der Waals surface area (Å²) in [6.07, 6.45) is 8.05. The van der Waals surface area contributed by atoms with Crippen molar-refractivity contribution >= 4 is 16.7 Å². The van der Waals surface area contributed by atoms with Crippen molar-refractivity contribution in [3.05, 3.63) is 78.4 Å². The maximum absolute atomic E-state index is 13.4. The van der Waals surface area contributed by atoms with Gasteiger partial charge < -0.3 is 14.4 Å². The number of allylic oxidation sites excluding steroid dienone is 1. The van der Waals surface area contributed by atoms with Crippen molar-refractivity contribution in [1.82, 2.24) is 4.90 Å². The molecule has 2 aliphatic rings. The molecule has 0 aromatic heterocycles. The van der Waals surface area contributed by atoms with Gasteiger partial charge in [0.2, 0.25) is 5.91 Å². The first kappa shape index (κ1) is 25.8. The fourth-order valence-electron chi connectivity index (χ4n) is 5.46. The van der Waals surface area contributed by atoms with E-state index in [1.54, 1.807) is 7.11 Å². The van der Waals surface area contributed by atoms with Gasteiger partial charge in [0, 0.05) is 24.8 Å². The number of nitrogens with zero attached hydrogens (tertiary/aromatic N) is 1. The fraction of sp³-hybridized carbons (Fsp3) is 0.483. The van der Waals surface area contributed by atoms with Gasteiger partial charge in [-0.2, -0.15) is 0 Å². The molecule has 2 heterocycles. The Balaban J connectivity index is 1.54. The molecular weight excluding hydrogens is 458 g/mol. The Kier molecular flexibility index (Phi) is 8.58. The number of hydrogen-bond donors (Lipinski definition) is 0. The van der Waals surface area contributed by atoms with Gasteiger partial charge in [0.15, 0.2) is 0 Å². The summed E-state index contributed by atoms with van der Waals surface area (Å²) in [5.41, 5.74) is 0.355. The van der Waals surface area contributed by atoms with E-state index in [4.69, 9.17) is 9.47 Å². The third-order valence-electron chi connectivity index (χ3n) is 7.07. The van der Waals surface area contributed by atoms with Crippen LogP contribution in [0.5, 0.6) is 0 Å². The minimum Gasteiger partial charge on any atom is -0.382 e. The maximum Gasteiger partial charge on any atom is 0.225 e.